The maximum absolute atomic E-state index is 12.1. The van der Waals surface area contributed by atoms with E-state index in [4.69, 9.17) is 5.26 Å². The van der Waals surface area contributed by atoms with Crippen molar-refractivity contribution >= 4 is 30.7 Å². The fourth-order valence-electron chi connectivity index (χ4n) is 2.75. The van der Waals surface area contributed by atoms with Crippen LogP contribution in [0.3, 0.4) is 0 Å². The molecule has 2 heterocycles. The molecule has 2 N–H and O–H groups in total. The molecule has 2 aliphatic rings. The first kappa shape index (κ1) is 19.5. The molecule has 0 aromatic rings. The highest BCUT2D eigenvalue weighted by atomic mass is 35.5. The average Bonchev–Trinajstić information content (AvgIpc) is 2.85. The van der Waals surface area contributed by atoms with Crippen LogP contribution in [-0.2, 0) is 4.79 Å². The summed E-state index contributed by atoms with van der Waals surface area (Å²) >= 11 is 0. The van der Waals surface area contributed by atoms with E-state index in [1.54, 1.807) is 4.90 Å². The predicted octanol–water partition coefficient (Wildman–Crippen LogP) is 1.08. The fraction of sp³-hybridized carbons (Fsp3) is 0.846. The molecule has 116 valence electrons. The van der Waals surface area contributed by atoms with Crippen LogP contribution in [0.25, 0.3) is 0 Å². The molecule has 2 aliphatic heterocycles. The molecule has 2 saturated heterocycles. The van der Waals surface area contributed by atoms with Crippen LogP contribution in [0.15, 0.2) is 0 Å². The van der Waals surface area contributed by atoms with Gasteiger partial charge < -0.3 is 15.5 Å². The summed E-state index contributed by atoms with van der Waals surface area (Å²) in [5.74, 6) is 0.0683. The van der Waals surface area contributed by atoms with Gasteiger partial charge in [0.15, 0.2) is 0 Å². The van der Waals surface area contributed by atoms with Gasteiger partial charge in [-0.15, -0.1) is 24.8 Å². The zero-order valence-electron chi connectivity index (χ0n) is 11.9. The van der Waals surface area contributed by atoms with Gasteiger partial charge in [-0.25, -0.2) is 0 Å². The van der Waals surface area contributed by atoms with Gasteiger partial charge in [0.2, 0.25) is 5.91 Å². The van der Waals surface area contributed by atoms with Crippen LogP contribution >= 0.6 is 24.8 Å². The fourth-order valence-corrected chi connectivity index (χ4v) is 2.75. The number of hydrogen-bond acceptors (Lipinski definition) is 4. The second-order valence-corrected chi connectivity index (χ2v) is 5.54. The van der Waals surface area contributed by atoms with Gasteiger partial charge in [0.05, 0.1) is 12.6 Å². The Hall–Kier alpha value is -0.540. The van der Waals surface area contributed by atoms with Crippen molar-refractivity contribution in [2.75, 3.05) is 26.2 Å². The highest BCUT2D eigenvalue weighted by molar-refractivity contribution is 5.85. The summed E-state index contributed by atoms with van der Waals surface area (Å²) in [4.78, 5) is 13.8. The summed E-state index contributed by atoms with van der Waals surface area (Å²) in [7, 11) is 0. The largest absolute Gasteiger partial charge is 0.326 e. The van der Waals surface area contributed by atoms with Crippen LogP contribution in [0.2, 0.25) is 0 Å². The van der Waals surface area contributed by atoms with Crippen LogP contribution < -0.4 is 10.6 Å². The number of amides is 1. The smallest absolute Gasteiger partial charge is 0.237 e. The number of nitriles is 1. The molecule has 7 heteroatoms. The second-order valence-electron chi connectivity index (χ2n) is 5.54. The molecule has 2 fully saturated rings. The lowest BCUT2D eigenvalue weighted by atomic mass is 9.90. The minimum Gasteiger partial charge on any atom is -0.326 e. The summed E-state index contributed by atoms with van der Waals surface area (Å²) in [6, 6.07) is 2.00. The number of likely N-dealkylation sites (tertiary alicyclic amines) is 1. The summed E-state index contributed by atoms with van der Waals surface area (Å²) in [6.07, 6.45) is 3.86. The molecule has 0 saturated carbocycles. The van der Waals surface area contributed by atoms with Gasteiger partial charge in [-0.05, 0) is 45.7 Å². The Kier molecular flexibility index (Phi) is 8.45. The Balaban J connectivity index is 0.00000180. The second kappa shape index (κ2) is 8.68. The number of rotatable bonds is 3. The van der Waals surface area contributed by atoms with Crippen molar-refractivity contribution < 1.29 is 4.79 Å². The number of carbonyl (C=O) groups excluding carboxylic acids is 1. The van der Waals surface area contributed by atoms with E-state index in [1.807, 2.05) is 0 Å². The molecular weight excluding hydrogens is 299 g/mol. The summed E-state index contributed by atoms with van der Waals surface area (Å²) in [5.41, 5.74) is 0.0583. The van der Waals surface area contributed by atoms with Gasteiger partial charge in [0, 0.05) is 12.1 Å². The molecular formula is C13H24Cl2N4O. The van der Waals surface area contributed by atoms with Gasteiger partial charge >= 0.3 is 0 Å². The Morgan fingerprint density at radius 2 is 2.10 bits per heavy atom. The Bertz CT molecular complexity index is 353. The molecule has 5 nitrogen and oxygen atoms in total. The maximum Gasteiger partial charge on any atom is 0.237 e. The third-order valence-corrected chi connectivity index (χ3v) is 4.10. The van der Waals surface area contributed by atoms with Crippen LogP contribution in [0.1, 0.15) is 32.6 Å². The first-order valence-corrected chi connectivity index (χ1v) is 6.79. The number of carbonyl (C=O) groups is 1. The van der Waals surface area contributed by atoms with Crippen LogP contribution in [0, 0.1) is 11.3 Å². The van der Waals surface area contributed by atoms with Gasteiger partial charge in [-0.2, -0.15) is 5.26 Å². The molecule has 20 heavy (non-hydrogen) atoms. The highest BCUT2D eigenvalue weighted by Crippen LogP contribution is 2.19. The standard InChI is InChI=1S/C13H22N4O.2ClH/c1-13(4-6-15-7-5-13)16-10-12(18)17-8-2-3-11(17)9-14;;/h11,15-16H,2-8,10H2,1H3;2*1H/t11-;;/m0../s1. The molecule has 0 radical (unpaired) electrons. The van der Waals surface area contributed by atoms with E-state index in [9.17, 15) is 4.79 Å². The molecule has 0 unspecified atom stereocenters. The van der Waals surface area contributed by atoms with Gasteiger partial charge in [0.25, 0.3) is 0 Å². The lowest BCUT2D eigenvalue weighted by Gasteiger charge is -2.35. The first-order valence-electron chi connectivity index (χ1n) is 6.79. The predicted molar refractivity (Wildman–Crippen MR) is 83.4 cm³/mol. The number of nitrogens with zero attached hydrogens (tertiary/aromatic N) is 2. The van der Waals surface area contributed by atoms with E-state index in [0.29, 0.717) is 6.54 Å². The number of hydrogen-bond donors (Lipinski definition) is 2. The monoisotopic (exact) mass is 322 g/mol. The Labute approximate surface area is 133 Å². The van der Waals surface area contributed by atoms with Gasteiger partial charge in [-0.1, -0.05) is 0 Å². The third-order valence-electron chi connectivity index (χ3n) is 4.10. The van der Waals surface area contributed by atoms with Crippen molar-refractivity contribution in [3.63, 3.8) is 0 Å². The zero-order chi connectivity index (χ0) is 13.0. The quantitative estimate of drug-likeness (QED) is 0.815. The van der Waals surface area contributed by atoms with Crippen LogP contribution in [0.4, 0.5) is 0 Å². The first-order chi connectivity index (χ1) is 8.64. The number of piperidine rings is 1. The number of halogens is 2. The van der Waals surface area contributed by atoms with E-state index >= 15 is 0 Å². The SMILES string of the molecule is CC1(NCC(=O)N2CCC[C@H]2C#N)CCNCC1.Cl.Cl. The minimum atomic E-state index is -0.208. The van der Waals surface area contributed by atoms with E-state index in [1.165, 1.54) is 0 Å². The Morgan fingerprint density at radius 1 is 1.45 bits per heavy atom. The van der Waals surface area contributed by atoms with E-state index < -0.39 is 0 Å². The minimum absolute atomic E-state index is 0. The number of nitrogens with one attached hydrogen (secondary N) is 2. The van der Waals surface area contributed by atoms with Crippen molar-refractivity contribution in [3.05, 3.63) is 0 Å². The van der Waals surface area contributed by atoms with Crippen molar-refractivity contribution in [2.24, 2.45) is 0 Å². The van der Waals surface area contributed by atoms with Gasteiger partial charge in [-0.3, -0.25) is 4.79 Å². The lowest BCUT2D eigenvalue weighted by molar-refractivity contribution is -0.130. The topological polar surface area (TPSA) is 68.2 Å². The van der Waals surface area contributed by atoms with Crippen molar-refractivity contribution in [1.29, 1.82) is 5.26 Å². The lowest BCUT2D eigenvalue weighted by Crippen LogP contribution is -2.53. The molecule has 0 spiro atoms. The molecule has 0 aromatic carbocycles. The molecule has 0 aliphatic carbocycles. The maximum atomic E-state index is 12.1. The summed E-state index contributed by atoms with van der Waals surface area (Å²) < 4.78 is 0. The average molecular weight is 323 g/mol. The van der Waals surface area contributed by atoms with E-state index in [0.717, 1.165) is 45.3 Å². The highest BCUT2D eigenvalue weighted by Gasteiger charge is 2.31. The normalized spacial score (nSPS) is 24.2. The zero-order valence-corrected chi connectivity index (χ0v) is 13.5. The van der Waals surface area contributed by atoms with E-state index in [2.05, 4.69) is 23.6 Å². The molecule has 1 atom stereocenters. The molecule has 0 bridgehead atoms. The Morgan fingerprint density at radius 3 is 2.70 bits per heavy atom. The van der Waals surface area contributed by atoms with Crippen LogP contribution in [0.5, 0.6) is 0 Å². The molecule has 0 aromatic heterocycles. The van der Waals surface area contributed by atoms with Crippen molar-refractivity contribution in [2.45, 2.75) is 44.2 Å². The van der Waals surface area contributed by atoms with Gasteiger partial charge in [0.1, 0.15) is 6.04 Å². The molecule has 1 amide bonds. The van der Waals surface area contributed by atoms with Crippen molar-refractivity contribution in [3.8, 4) is 6.07 Å². The molecule has 2 rings (SSSR count). The summed E-state index contributed by atoms with van der Waals surface area (Å²) in [6.45, 7) is 5.27. The van der Waals surface area contributed by atoms with Crippen molar-refractivity contribution in [1.82, 2.24) is 15.5 Å². The third kappa shape index (κ3) is 4.78. The van der Waals surface area contributed by atoms with E-state index in [-0.39, 0.29) is 42.3 Å². The summed E-state index contributed by atoms with van der Waals surface area (Å²) in [5, 5.41) is 15.7. The van der Waals surface area contributed by atoms with Crippen LogP contribution in [-0.4, -0.2) is 48.6 Å².